The summed E-state index contributed by atoms with van der Waals surface area (Å²) in [6.45, 7) is 4.44. The molecule has 0 bridgehead atoms. The average Bonchev–Trinajstić information content (AvgIpc) is 2.97. The van der Waals surface area contributed by atoms with Crippen molar-refractivity contribution in [1.82, 2.24) is 9.88 Å². The van der Waals surface area contributed by atoms with Gasteiger partial charge in [0.2, 0.25) is 0 Å². The summed E-state index contributed by atoms with van der Waals surface area (Å²) < 4.78 is 5.94. The number of aromatic nitrogens is 1. The number of thioether (sulfide) groups is 1. The molecule has 0 radical (unpaired) electrons. The van der Waals surface area contributed by atoms with Gasteiger partial charge in [0.1, 0.15) is 5.69 Å². The molecule has 1 atom stereocenters. The lowest BCUT2D eigenvalue weighted by Crippen LogP contribution is -2.60. The summed E-state index contributed by atoms with van der Waals surface area (Å²) in [6.07, 6.45) is 1.40. The van der Waals surface area contributed by atoms with Gasteiger partial charge in [0.15, 0.2) is 0 Å². The zero-order chi connectivity index (χ0) is 15.9. The lowest BCUT2D eigenvalue weighted by molar-refractivity contribution is 0.0356. The van der Waals surface area contributed by atoms with Gasteiger partial charge in [-0.1, -0.05) is 24.3 Å². The molecule has 1 aromatic carbocycles. The number of hydrogen-bond acceptors (Lipinski definition) is 4. The predicted octanol–water partition coefficient (Wildman–Crippen LogP) is 2.97. The number of likely N-dealkylation sites (tertiary alicyclic amines) is 1. The van der Waals surface area contributed by atoms with Crippen LogP contribution in [0.15, 0.2) is 36.4 Å². The minimum absolute atomic E-state index is 0.0434. The summed E-state index contributed by atoms with van der Waals surface area (Å²) in [6, 6.07) is 11.7. The van der Waals surface area contributed by atoms with Crippen LogP contribution in [-0.4, -0.2) is 52.1 Å². The molecule has 0 N–H and O–H groups in total. The third-order valence-electron chi connectivity index (χ3n) is 4.64. The van der Waals surface area contributed by atoms with Gasteiger partial charge in [-0.2, -0.15) is 0 Å². The molecule has 1 aromatic heterocycles. The number of amides is 1. The quantitative estimate of drug-likeness (QED) is 0.869. The fraction of sp³-hybridized carbons (Fsp3) is 0.444. The summed E-state index contributed by atoms with van der Waals surface area (Å²) in [5.41, 5.74) is 1.42. The lowest BCUT2D eigenvalue weighted by atomic mass is 9.92. The Kier molecular flexibility index (Phi) is 3.77. The maximum Gasteiger partial charge on any atom is 0.272 e. The smallest absolute Gasteiger partial charge is 0.272 e. The van der Waals surface area contributed by atoms with Crippen LogP contribution in [0.25, 0.3) is 10.9 Å². The molecule has 2 saturated heterocycles. The van der Waals surface area contributed by atoms with E-state index in [9.17, 15) is 4.79 Å². The number of carbonyl (C=O) groups excluding carboxylic acids is 1. The third-order valence-corrected chi connectivity index (χ3v) is 6.22. The van der Waals surface area contributed by atoms with Gasteiger partial charge in [0.05, 0.1) is 16.4 Å². The second kappa shape index (κ2) is 5.80. The van der Waals surface area contributed by atoms with E-state index in [0.717, 1.165) is 42.8 Å². The molecular weight excluding hydrogens is 308 g/mol. The number of fused-ring (bicyclic) bond motifs is 1. The van der Waals surface area contributed by atoms with Crippen molar-refractivity contribution in [3.63, 3.8) is 0 Å². The van der Waals surface area contributed by atoms with Crippen LogP contribution in [0.2, 0.25) is 0 Å². The average molecular weight is 328 g/mol. The molecule has 4 rings (SSSR count). The monoisotopic (exact) mass is 328 g/mol. The minimum atomic E-state index is 0.0434. The molecule has 2 aliphatic heterocycles. The SMILES string of the molecule is CCO[C@@H]1CSC2(C1)CN(C(=O)c1ccc3ccccc3n1)C2. The van der Waals surface area contributed by atoms with Crippen LogP contribution in [0.5, 0.6) is 0 Å². The molecule has 2 aliphatic rings. The minimum Gasteiger partial charge on any atom is -0.378 e. The van der Waals surface area contributed by atoms with Crippen LogP contribution in [0.1, 0.15) is 23.8 Å². The summed E-state index contributed by atoms with van der Waals surface area (Å²) in [4.78, 5) is 19.1. The number of ether oxygens (including phenoxy) is 1. The molecule has 1 spiro atoms. The van der Waals surface area contributed by atoms with E-state index in [1.165, 1.54) is 0 Å². The Labute approximate surface area is 140 Å². The van der Waals surface area contributed by atoms with E-state index in [-0.39, 0.29) is 10.7 Å². The van der Waals surface area contributed by atoms with Gasteiger partial charge < -0.3 is 9.64 Å². The first-order valence-electron chi connectivity index (χ1n) is 8.10. The Balaban J connectivity index is 1.44. The Morgan fingerprint density at radius 3 is 3.00 bits per heavy atom. The normalized spacial score (nSPS) is 22.5. The summed E-state index contributed by atoms with van der Waals surface area (Å²) in [5.74, 6) is 1.09. The highest BCUT2D eigenvalue weighted by Gasteiger charge is 2.51. The van der Waals surface area contributed by atoms with Crippen molar-refractivity contribution in [2.75, 3.05) is 25.4 Å². The number of hydrogen-bond donors (Lipinski definition) is 0. The Hall–Kier alpha value is -1.59. The van der Waals surface area contributed by atoms with Gasteiger partial charge in [-0.15, -0.1) is 11.8 Å². The van der Waals surface area contributed by atoms with E-state index in [0.29, 0.717) is 11.8 Å². The van der Waals surface area contributed by atoms with Gasteiger partial charge in [-0.05, 0) is 25.5 Å². The second-order valence-electron chi connectivity index (χ2n) is 6.33. The van der Waals surface area contributed by atoms with Gasteiger partial charge in [0, 0.05) is 30.8 Å². The molecule has 2 aromatic rings. The van der Waals surface area contributed by atoms with Crippen LogP contribution >= 0.6 is 11.8 Å². The summed E-state index contributed by atoms with van der Waals surface area (Å²) >= 11 is 1.96. The molecule has 4 nitrogen and oxygen atoms in total. The standard InChI is InChI=1S/C18H20N2O2S/c1-2-22-14-9-18(23-10-14)11-20(12-18)17(21)16-8-7-13-5-3-4-6-15(13)19-16/h3-8,14H,2,9-12H2,1H3/t14-/m0/s1. The Morgan fingerprint density at radius 1 is 1.35 bits per heavy atom. The molecule has 2 fully saturated rings. The van der Waals surface area contributed by atoms with Gasteiger partial charge in [0.25, 0.3) is 5.91 Å². The van der Waals surface area contributed by atoms with E-state index in [2.05, 4.69) is 4.98 Å². The van der Waals surface area contributed by atoms with Gasteiger partial charge >= 0.3 is 0 Å². The second-order valence-corrected chi connectivity index (χ2v) is 7.81. The number of benzene rings is 1. The lowest BCUT2D eigenvalue weighted by Gasteiger charge is -2.47. The van der Waals surface area contributed by atoms with Gasteiger partial charge in [-0.25, -0.2) is 4.98 Å². The van der Waals surface area contributed by atoms with Crippen molar-refractivity contribution in [2.45, 2.75) is 24.2 Å². The van der Waals surface area contributed by atoms with E-state index < -0.39 is 0 Å². The Bertz CT molecular complexity index is 743. The number of pyridine rings is 1. The maximum absolute atomic E-state index is 12.6. The van der Waals surface area contributed by atoms with E-state index in [4.69, 9.17) is 4.74 Å². The van der Waals surface area contributed by atoms with E-state index in [1.54, 1.807) is 0 Å². The topological polar surface area (TPSA) is 42.4 Å². The van der Waals surface area contributed by atoms with Crippen LogP contribution in [0.4, 0.5) is 0 Å². The van der Waals surface area contributed by atoms with Crippen molar-refractivity contribution in [3.05, 3.63) is 42.1 Å². The molecule has 0 unspecified atom stereocenters. The summed E-state index contributed by atoms with van der Waals surface area (Å²) in [5, 5.41) is 1.06. The summed E-state index contributed by atoms with van der Waals surface area (Å²) in [7, 11) is 0. The van der Waals surface area contributed by atoms with Crippen molar-refractivity contribution >= 4 is 28.6 Å². The van der Waals surface area contributed by atoms with Crippen LogP contribution in [0.3, 0.4) is 0 Å². The molecule has 1 amide bonds. The van der Waals surface area contributed by atoms with Crippen molar-refractivity contribution in [3.8, 4) is 0 Å². The Morgan fingerprint density at radius 2 is 2.17 bits per heavy atom. The zero-order valence-electron chi connectivity index (χ0n) is 13.2. The fourth-order valence-electron chi connectivity index (χ4n) is 3.51. The molecule has 0 saturated carbocycles. The van der Waals surface area contributed by atoms with Crippen LogP contribution < -0.4 is 0 Å². The number of rotatable bonds is 3. The van der Waals surface area contributed by atoms with Crippen molar-refractivity contribution in [2.24, 2.45) is 0 Å². The van der Waals surface area contributed by atoms with E-state index in [1.807, 2.05) is 60.0 Å². The largest absolute Gasteiger partial charge is 0.378 e. The van der Waals surface area contributed by atoms with Crippen LogP contribution in [0, 0.1) is 0 Å². The molecular formula is C18H20N2O2S. The highest BCUT2D eigenvalue weighted by atomic mass is 32.2. The highest BCUT2D eigenvalue weighted by Crippen LogP contribution is 2.46. The fourth-order valence-corrected chi connectivity index (χ4v) is 5.06. The maximum atomic E-state index is 12.6. The number of para-hydroxylation sites is 1. The predicted molar refractivity (Wildman–Crippen MR) is 92.9 cm³/mol. The molecule has 0 aliphatic carbocycles. The molecule has 5 heteroatoms. The number of nitrogens with zero attached hydrogens (tertiary/aromatic N) is 2. The first-order valence-corrected chi connectivity index (χ1v) is 9.08. The van der Waals surface area contributed by atoms with E-state index >= 15 is 0 Å². The molecule has 120 valence electrons. The van der Waals surface area contributed by atoms with Gasteiger partial charge in [-0.3, -0.25) is 4.79 Å². The van der Waals surface area contributed by atoms with Crippen molar-refractivity contribution in [1.29, 1.82) is 0 Å². The first-order chi connectivity index (χ1) is 11.2. The van der Waals surface area contributed by atoms with Crippen molar-refractivity contribution < 1.29 is 9.53 Å². The third kappa shape index (κ3) is 2.72. The molecule has 3 heterocycles. The number of carbonyl (C=O) groups is 1. The first kappa shape index (κ1) is 15.0. The highest BCUT2D eigenvalue weighted by molar-refractivity contribution is 8.01. The molecule has 23 heavy (non-hydrogen) atoms. The zero-order valence-corrected chi connectivity index (χ0v) is 14.0. The van der Waals surface area contributed by atoms with Crippen LogP contribution in [-0.2, 0) is 4.74 Å².